The molecule has 0 N–H and O–H groups in total. The molecule has 3 heteroatoms. The van der Waals surface area contributed by atoms with Gasteiger partial charge in [0.1, 0.15) is 0 Å². The van der Waals surface area contributed by atoms with E-state index in [0.29, 0.717) is 0 Å². The second kappa shape index (κ2) is 4.90. The minimum Gasteiger partial charge on any atom is -0.493 e. The first kappa shape index (κ1) is 12.8. The summed E-state index contributed by atoms with van der Waals surface area (Å²) < 4.78 is 4.89. The van der Waals surface area contributed by atoms with Crippen LogP contribution < -0.4 is 0 Å². The number of carbonyl (C=O) groups is 1. The van der Waals surface area contributed by atoms with Crippen LogP contribution in [-0.2, 0) is 30.6 Å². The van der Waals surface area contributed by atoms with E-state index in [2.05, 4.69) is 0 Å². The Labute approximate surface area is 76.6 Å². The molecule has 0 aliphatic carbocycles. The van der Waals surface area contributed by atoms with Crippen LogP contribution in [0.1, 0.15) is 27.7 Å². The summed E-state index contributed by atoms with van der Waals surface area (Å²) in [6.07, 6.45) is 1.84. The van der Waals surface area contributed by atoms with Gasteiger partial charge in [-0.2, -0.15) is 6.92 Å². The molecule has 0 unspecified atom stereocenters. The van der Waals surface area contributed by atoms with Gasteiger partial charge in [0.2, 0.25) is 0 Å². The Morgan fingerprint density at radius 2 is 1.90 bits per heavy atom. The molecule has 0 aromatic rings. The molecule has 0 atom stereocenters. The van der Waals surface area contributed by atoms with Gasteiger partial charge >= 0.3 is 27.0 Å². The van der Waals surface area contributed by atoms with Crippen LogP contribution in [0.4, 0.5) is 0 Å². The summed E-state index contributed by atoms with van der Waals surface area (Å²) in [5.41, 5.74) is -0.411. The van der Waals surface area contributed by atoms with Crippen molar-refractivity contribution in [2.75, 3.05) is 0 Å². The number of ether oxygens (including phenoxy) is 1. The Bertz CT molecular complexity index is 110. The van der Waals surface area contributed by atoms with E-state index in [9.17, 15) is 4.79 Å². The van der Waals surface area contributed by atoms with E-state index in [0.717, 1.165) is 0 Å². The van der Waals surface area contributed by atoms with Gasteiger partial charge in [-0.15, -0.1) is 0 Å². The molecule has 0 aliphatic rings. The first-order chi connectivity index (χ1) is 3.98. The standard InChI is InChI=1S/C7H13O2.W/c1-5-7(3,4)9-6(2)8;/h5H,1-4H3;/q-1;+2. The Kier molecular flexibility index (Phi) is 6.27. The maximum absolute atomic E-state index is 10.4. The molecule has 0 radical (unpaired) electrons. The fraction of sp³-hybridized carbons (Fsp3) is 0.714. The molecule has 0 spiro atoms. The zero-order chi connectivity index (χ0) is 7.49. The van der Waals surface area contributed by atoms with Crippen molar-refractivity contribution in [2.45, 2.75) is 33.3 Å². The SMILES string of the molecule is C[CH-]C(C)(C)OC(C)=O.[W+2]. The Morgan fingerprint density at radius 1 is 1.50 bits per heavy atom. The quantitative estimate of drug-likeness (QED) is 0.571. The molecule has 0 heterocycles. The van der Waals surface area contributed by atoms with Gasteiger partial charge in [0.05, 0.1) is 0 Å². The van der Waals surface area contributed by atoms with Crippen molar-refractivity contribution in [1.29, 1.82) is 0 Å². The van der Waals surface area contributed by atoms with Gasteiger partial charge in [-0.3, -0.25) is 11.2 Å². The van der Waals surface area contributed by atoms with Gasteiger partial charge in [-0.25, -0.2) is 0 Å². The summed E-state index contributed by atoms with van der Waals surface area (Å²) in [5.74, 6) is -0.238. The van der Waals surface area contributed by atoms with E-state index in [1.165, 1.54) is 6.92 Å². The first-order valence-electron chi connectivity index (χ1n) is 2.98. The zero-order valence-corrected chi connectivity index (χ0v) is 9.74. The molecular formula is C7H13O2W+. The molecule has 0 fully saturated rings. The predicted octanol–water partition coefficient (Wildman–Crippen LogP) is 1.55. The zero-order valence-electron chi connectivity index (χ0n) is 6.80. The fourth-order valence-electron chi connectivity index (χ4n) is 0.429. The molecular weight excluding hydrogens is 300 g/mol. The van der Waals surface area contributed by atoms with Crippen LogP contribution in [0, 0.1) is 6.42 Å². The van der Waals surface area contributed by atoms with Crippen molar-refractivity contribution >= 4 is 5.97 Å². The molecule has 58 valence electrons. The van der Waals surface area contributed by atoms with Crippen LogP contribution in [0.25, 0.3) is 0 Å². The average Bonchev–Trinajstić information content (AvgIpc) is 1.63. The predicted molar refractivity (Wildman–Crippen MR) is 35.8 cm³/mol. The van der Waals surface area contributed by atoms with Gasteiger partial charge in [-0.05, 0) is 5.60 Å². The van der Waals surface area contributed by atoms with E-state index in [1.54, 1.807) is 0 Å². The van der Waals surface area contributed by atoms with Crippen LogP contribution in [-0.4, -0.2) is 11.6 Å². The number of hydrogen-bond donors (Lipinski definition) is 0. The summed E-state index contributed by atoms with van der Waals surface area (Å²) in [6.45, 7) is 6.96. The third kappa shape index (κ3) is 6.28. The Balaban J connectivity index is 0. The molecule has 0 saturated heterocycles. The van der Waals surface area contributed by atoms with Crippen LogP contribution in [0.2, 0.25) is 0 Å². The number of rotatable bonds is 2. The van der Waals surface area contributed by atoms with Gasteiger partial charge in [0.15, 0.2) is 0 Å². The van der Waals surface area contributed by atoms with Crippen LogP contribution in [0.15, 0.2) is 0 Å². The topological polar surface area (TPSA) is 26.3 Å². The van der Waals surface area contributed by atoms with Gasteiger partial charge in [0.25, 0.3) is 0 Å². The molecule has 10 heavy (non-hydrogen) atoms. The summed E-state index contributed by atoms with van der Waals surface area (Å²) in [4.78, 5) is 10.4. The van der Waals surface area contributed by atoms with E-state index in [-0.39, 0.29) is 27.0 Å². The number of esters is 1. The molecule has 0 aliphatic heterocycles. The molecule has 0 aromatic carbocycles. The largest absolute Gasteiger partial charge is 2.00 e. The third-order valence-electron chi connectivity index (χ3n) is 1.10. The van der Waals surface area contributed by atoms with Crippen LogP contribution >= 0.6 is 0 Å². The minimum absolute atomic E-state index is 0. The molecule has 0 aromatic heterocycles. The second-order valence-corrected chi connectivity index (χ2v) is 2.49. The van der Waals surface area contributed by atoms with Crippen LogP contribution in [0.3, 0.4) is 0 Å². The molecule has 0 amide bonds. The molecule has 2 nitrogen and oxygen atoms in total. The van der Waals surface area contributed by atoms with Crippen LogP contribution in [0.5, 0.6) is 0 Å². The van der Waals surface area contributed by atoms with Gasteiger partial charge in [-0.1, -0.05) is 13.8 Å². The molecule has 0 bridgehead atoms. The normalized spacial score (nSPS) is 10.0. The molecule has 0 rings (SSSR count). The summed E-state index contributed by atoms with van der Waals surface area (Å²) >= 11 is 0. The van der Waals surface area contributed by atoms with Gasteiger partial charge < -0.3 is 4.74 Å². The van der Waals surface area contributed by atoms with Crippen molar-refractivity contribution in [1.82, 2.24) is 0 Å². The molecule has 0 saturated carbocycles. The van der Waals surface area contributed by atoms with E-state index >= 15 is 0 Å². The van der Waals surface area contributed by atoms with Gasteiger partial charge in [0, 0.05) is 6.92 Å². The van der Waals surface area contributed by atoms with Crippen molar-refractivity contribution in [3.05, 3.63) is 6.42 Å². The maximum atomic E-state index is 10.4. The maximum Gasteiger partial charge on any atom is 2.00 e. The number of hydrogen-bond acceptors (Lipinski definition) is 2. The van der Waals surface area contributed by atoms with Crippen molar-refractivity contribution in [3.63, 3.8) is 0 Å². The number of carbonyl (C=O) groups excluding carboxylic acids is 1. The first-order valence-corrected chi connectivity index (χ1v) is 2.98. The Morgan fingerprint density at radius 3 is 2.00 bits per heavy atom. The van der Waals surface area contributed by atoms with Crippen molar-refractivity contribution in [2.24, 2.45) is 0 Å². The van der Waals surface area contributed by atoms with E-state index in [4.69, 9.17) is 4.74 Å². The Hall–Kier alpha value is 0.158. The third-order valence-corrected chi connectivity index (χ3v) is 1.10. The summed E-state index contributed by atoms with van der Waals surface area (Å²) in [5, 5.41) is 0. The summed E-state index contributed by atoms with van der Waals surface area (Å²) in [7, 11) is 0. The monoisotopic (exact) mass is 313 g/mol. The van der Waals surface area contributed by atoms with Crippen molar-refractivity contribution < 1.29 is 30.6 Å². The second-order valence-electron chi connectivity index (χ2n) is 2.49. The average molecular weight is 313 g/mol. The van der Waals surface area contributed by atoms with Crippen molar-refractivity contribution in [3.8, 4) is 0 Å². The van der Waals surface area contributed by atoms with E-state index in [1.807, 2.05) is 27.2 Å². The fourth-order valence-corrected chi connectivity index (χ4v) is 0.429. The smallest absolute Gasteiger partial charge is 0.493 e. The van der Waals surface area contributed by atoms with E-state index < -0.39 is 5.60 Å². The summed E-state index contributed by atoms with van der Waals surface area (Å²) in [6, 6.07) is 0. The minimum atomic E-state index is -0.411.